The van der Waals surface area contributed by atoms with Crippen molar-refractivity contribution in [3.05, 3.63) is 71.5 Å². The largest absolute Gasteiger partial charge is 0.396 e. The van der Waals surface area contributed by atoms with Gasteiger partial charge in [-0.15, -0.1) is 0 Å². The van der Waals surface area contributed by atoms with Crippen LogP contribution in [0.15, 0.2) is 59.8 Å². The Hall–Kier alpha value is -2.24. The Labute approximate surface area is 173 Å². The van der Waals surface area contributed by atoms with Gasteiger partial charge < -0.3 is 9.57 Å². The van der Waals surface area contributed by atoms with Crippen LogP contribution in [0, 0.1) is 5.82 Å². The molecule has 1 aliphatic heterocycles. The molecule has 1 heterocycles. The molecule has 0 bridgehead atoms. The topological polar surface area (TPSA) is 34.1 Å². The molecule has 0 aromatic heterocycles. The maximum absolute atomic E-state index is 13.3. The number of rotatable bonds is 11. The summed E-state index contributed by atoms with van der Waals surface area (Å²) < 4.78 is 18.7. The highest BCUT2D eigenvalue weighted by Gasteiger charge is 2.10. The molecule has 156 valence electrons. The van der Waals surface area contributed by atoms with E-state index in [4.69, 9.17) is 9.57 Å². The number of aryl methyl sites for hydroxylation is 1. The van der Waals surface area contributed by atoms with E-state index < -0.39 is 0 Å². The molecule has 0 radical (unpaired) electrons. The van der Waals surface area contributed by atoms with Gasteiger partial charge in [-0.1, -0.05) is 47.6 Å². The van der Waals surface area contributed by atoms with Crippen molar-refractivity contribution in [2.24, 2.45) is 5.16 Å². The maximum Gasteiger partial charge on any atom is 0.123 e. The molecule has 0 amide bonds. The summed E-state index contributed by atoms with van der Waals surface area (Å²) in [5, 5.41) is 4.40. The first-order valence-corrected chi connectivity index (χ1v) is 10.6. The van der Waals surface area contributed by atoms with Gasteiger partial charge in [0.15, 0.2) is 0 Å². The molecule has 1 aliphatic rings. The number of morpholine rings is 1. The fourth-order valence-corrected chi connectivity index (χ4v) is 3.45. The van der Waals surface area contributed by atoms with E-state index >= 15 is 0 Å². The summed E-state index contributed by atoms with van der Waals surface area (Å²) in [5.41, 5.74) is 3.18. The van der Waals surface area contributed by atoms with Crippen LogP contribution in [0.3, 0.4) is 0 Å². The van der Waals surface area contributed by atoms with E-state index in [1.807, 2.05) is 6.07 Å². The van der Waals surface area contributed by atoms with E-state index in [1.54, 1.807) is 12.1 Å². The van der Waals surface area contributed by atoms with Crippen LogP contribution in [0.2, 0.25) is 0 Å². The van der Waals surface area contributed by atoms with E-state index in [9.17, 15) is 4.39 Å². The highest BCUT2D eigenvalue weighted by atomic mass is 19.1. The minimum atomic E-state index is -0.233. The lowest BCUT2D eigenvalue weighted by molar-refractivity contribution is 0.0322. The summed E-state index contributed by atoms with van der Waals surface area (Å²) in [4.78, 5) is 8.01. The average Bonchev–Trinajstić information content (AvgIpc) is 2.77. The first kappa shape index (κ1) is 21.5. The minimum Gasteiger partial charge on any atom is -0.396 e. The lowest BCUT2D eigenvalue weighted by Crippen LogP contribution is -2.37. The van der Waals surface area contributed by atoms with Crippen molar-refractivity contribution in [1.29, 1.82) is 0 Å². The van der Waals surface area contributed by atoms with Crippen LogP contribution in [0.4, 0.5) is 4.39 Å². The number of hydrogen-bond acceptors (Lipinski definition) is 4. The zero-order valence-corrected chi connectivity index (χ0v) is 17.1. The van der Waals surface area contributed by atoms with Crippen molar-refractivity contribution in [3.63, 3.8) is 0 Å². The molecule has 0 saturated carbocycles. The van der Waals surface area contributed by atoms with Gasteiger partial charge in [0.1, 0.15) is 12.4 Å². The van der Waals surface area contributed by atoms with Gasteiger partial charge in [-0.05, 0) is 55.4 Å². The Kier molecular flexibility index (Phi) is 9.14. The maximum atomic E-state index is 13.3. The molecule has 1 saturated heterocycles. The van der Waals surface area contributed by atoms with Gasteiger partial charge in [0, 0.05) is 19.6 Å². The lowest BCUT2D eigenvalue weighted by atomic mass is 10.0. The number of halogens is 1. The van der Waals surface area contributed by atoms with Gasteiger partial charge in [-0.3, -0.25) is 4.90 Å². The number of hydrogen-bond donors (Lipinski definition) is 0. The molecule has 2 aromatic carbocycles. The molecular formula is C24H31FN2O2. The number of oxime groups is 1. The predicted octanol–water partition coefficient (Wildman–Crippen LogP) is 4.68. The summed E-state index contributed by atoms with van der Waals surface area (Å²) in [5.74, 6) is -0.233. The number of nitrogens with zero attached hydrogens (tertiary/aromatic N) is 2. The molecule has 0 unspecified atom stereocenters. The highest BCUT2D eigenvalue weighted by molar-refractivity contribution is 6.00. The number of ether oxygens (including phenoxy) is 1. The second-order valence-electron chi connectivity index (χ2n) is 7.38. The molecule has 29 heavy (non-hydrogen) atoms. The van der Waals surface area contributed by atoms with Gasteiger partial charge in [-0.2, -0.15) is 0 Å². The quantitative estimate of drug-likeness (QED) is 0.313. The molecule has 0 N–H and O–H groups in total. The fraction of sp³-hybridized carbons (Fsp3) is 0.458. The summed E-state index contributed by atoms with van der Waals surface area (Å²) in [6.07, 6.45) is 4.91. The van der Waals surface area contributed by atoms with Gasteiger partial charge >= 0.3 is 0 Å². The van der Waals surface area contributed by atoms with Crippen LogP contribution >= 0.6 is 0 Å². The Morgan fingerprint density at radius 1 is 0.966 bits per heavy atom. The number of benzene rings is 2. The Morgan fingerprint density at radius 3 is 2.48 bits per heavy atom. The van der Waals surface area contributed by atoms with Crippen LogP contribution in [-0.4, -0.2) is 50.1 Å². The zero-order valence-electron chi connectivity index (χ0n) is 17.1. The molecule has 5 heteroatoms. The van der Waals surface area contributed by atoms with Crippen LogP contribution in [0.25, 0.3) is 0 Å². The van der Waals surface area contributed by atoms with Gasteiger partial charge in [0.25, 0.3) is 0 Å². The Bertz CT molecular complexity index is 728. The van der Waals surface area contributed by atoms with Crippen LogP contribution in [-0.2, 0) is 16.0 Å². The normalized spacial score (nSPS) is 15.4. The van der Waals surface area contributed by atoms with Crippen LogP contribution in [0.5, 0.6) is 0 Å². The molecule has 0 aliphatic carbocycles. The van der Waals surface area contributed by atoms with Crippen molar-refractivity contribution < 1.29 is 14.0 Å². The van der Waals surface area contributed by atoms with Crippen LogP contribution in [0.1, 0.15) is 36.8 Å². The van der Waals surface area contributed by atoms with E-state index in [2.05, 4.69) is 34.3 Å². The lowest BCUT2D eigenvalue weighted by Gasteiger charge is -2.26. The number of unbranched alkanes of at least 4 members (excludes halogenated alkanes) is 1. The zero-order chi connectivity index (χ0) is 20.2. The van der Waals surface area contributed by atoms with Gasteiger partial charge in [0.2, 0.25) is 0 Å². The summed E-state index contributed by atoms with van der Waals surface area (Å²) in [7, 11) is 0. The third-order valence-corrected chi connectivity index (χ3v) is 5.14. The van der Waals surface area contributed by atoms with Crippen molar-refractivity contribution in [3.8, 4) is 0 Å². The Morgan fingerprint density at radius 2 is 1.72 bits per heavy atom. The third-order valence-electron chi connectivity index (χ3n) is 5.14. The van der Waals surface area contributed by atoms with Crippen LogP contribution < -0.4 is 0 Å². The monoisotopic (exact) mass is 398 g/mol. The van der Waals surface area contributed by atoms with Crippen molar-refractivity contribution >= 4 is 5.71 Å². The first-order valence-electron chi connectivity index (χ1n) is 10.6. The fourth-order valence-electron chi connectivity index (χ4n) is 3.45. The SMILES string of the molecule is Fc1ccc(C(CCCCc2ccccc2)=NOCCCN2CCOCC2)cc1. The van der Waals surface area contributed by atoms with Gasteiger partial charge in [0.05, 0.1) is 18.9 Å². The predicted molar refractivity (Wildman–Crippen MR) is 115 cm³/mol. The molecule has 4 nitrogen and oxygen atoms in total. The molecule has 0 atom stereocenters. The standard InChI is InChI=1S/C24H31FN2O2/c25-23-13-11-22(12-14-23)24(10-5-4-9-21-7-2-1-3-8-21)26-29-18-6-15-27-16-19-28-20-17-27/h1-3,7-8,11-14H,4-6,9-10,15-20H2. The summed E-state index contributed by atoms with van der Waals surface area (Å²) >= 11 is 0. The summed E-state index contributed by atoms with van der Waals surface area (Å²) in [6, 6.07) is 17.0. The van der Waals surface area contributed by atoms with Crippen molar-refractivity contribution in [2.45, 2.75) is 32.1 Å². The second-order valence-corrected chi connectivity index (χ2v) is 7.38. The molecule has 0 spiro atoms. The highest BCUT2D eigenvalue weighted by Crippen LogP contribution is 2.13. The molecular weight excluding hydrogens is 367 g/mol. The molecule has 1 fully saturated rings. The van der Waals surface area contributed by atoms with Crippen molar-refractivity contribution in [2.75, 3.05) is 39.5 Å². The van der Waals surface area contributed by atoms with E-state index in [1.165, 1.54) is 17.7 Å². The third kappa shape index (κ3) is 7.95. The van der Waals surface area contributed by atoms with E-state index in [-0.39, 0.29) is 5.82 Å². The Balaban J connectivity index is 1.46. The summed E-state index contributed by atoms with van der Waals surface area (Å²) in [6.45, 7) is 5.21. The van der Waals surface area contributed by atoms with Crippen molar-refractivity contribution in [1.82, 2.24) is 4.90 Å². The van der Waals surface area contributed by atoms with E-state index in [0.717, 1.165) is 76.2 Å². The first-order chi connectivity index (χ1) is 14.3. The molecule has 2 aromatic rings. The molecule has 3 rings (SSSR count). The minimum absolute atomic E-state index is 0.233. The second kappa shape index (κ2) is 12.3. The van der Waals surface area contributed by atoms with E-state index in [0.29, 0.717) is 6.61 Å². The average molecular weight is 399 g/mol. The van der Waals surface area contributed by atoms with Gasteiger partial charge in [-0.25, -0.2) is 4.39 Å². The smallest absolute Gasteiger partial charge is 0.123 e.